The second-order valence-electron chi connectivity index (χ2n) is 6.31. The molecule has 1 atom stereocenters. The van der Waals surface area contributed by atoms with Crippen molar-refractivity contribution in [3.63, 3.8) is 0 Å². The molecule has 7 heteroatoms. The number of carbonyl (C=O) groups excluding carboxylic acids is 2. The third-order valence-electron chi connectivity index (χ3n) is 4.78. The lowest BCUT2D eigenvalue weighted by molar-refractivity contribution is -0.135. The average molecular weight is 295 g/mol. The van der Waals surface area contributed by atoms with E-state index in [9.17, 15) is 9.59 Å². The molecule has 1 aliphatic carbocycles. The van der Waals surface area contributed by atoms with Crippen molar-refractivity contribution in [2.24, 2.45) is 5.92 Å². The van der Waals surface area contributed by atoms with Crippen molar-refractivity contribution in [3.05, 3.63) is 0 Å². The number of nitrogens with zero attached hydrogens (tertiary/aromatic N) is 2. The Labute approximate surface area is 125 Å². The number of hydrogen-bond acceptors (Lipinski definition) is 4. The Balaban J connectivity index is 1.42. The fourth-order valence-electron chi connectivity index (χ4n) is 3.53. The molecule has 3 rings (SSSR count). The molecule has 2 saturated heterocycles. The minimum Gasteiger partial charge on any atom is -0.337 e. The van der Waals surface area contributed by atoms with Crippen molar-refractivity contribution in [3.8, 4) is 0 Å². The van der Waals surface area contributed by atoms with E-state index >= 15 is 0 Å². The van der Waals surface area contributed by atoms with Gasteiger partial charge in [-0.3, -0.25) is 15.1 Å². The molecule has 0 aromatic heterocycles. The molecule has 3 N–H and O–H groups in total. The third kappa shape index (κ3) is 3.65. The van der Waals surface area contributed by atoms with E-state index in [4.69, 9.17) is 0 Å². The average Bonchev–Trinajstić information content (AvgIpc) is 2.95. The van der Waals surface area contributed by atoms with Crippen molar-refractivity contribution in [1.29, 1.82) is 0 Å². The largest absolute Gasteiger partial charge is 0.337 e. The highest BCUT2D eigenvalue weighted by Crippen LogP contribution is 2.24. The van der Waals surface area contributed by atoms with Gasteiger partial charge < -0.3 is 10.2 Å². The Morgan fingerprint density at radius 2 is 1.81 bits per heavy atom. The number of nitrogens with one attached hydrogen (secondary N) is 3. The van der Waals surface area contributed by atoms with Crippen LogP contribution in [0, 0.1) is 5.92 Å². The number of piperazine rings is 1. The van der Waals surface area contributed by atoms with E-state index in [2.05, 4.69) is 21.1 Å². The zero-order chi connectivity index (χ0) is 14.7. The number of hydrogen-bond donors (Lipinski definition) is 3. The number of carbonyl (C=O) groups is 2. The van der Waals surface area contributed by atoms with Crippen molar-refractivity contribution < 1.29 is 9.59 Å². The maximum Gasteiger partial charge on any atom is 0.330 e. The zero-order valence-corrected chi connectivity index (χ0v) is 12.4. The van der Waals surface area contributed by atoms with Crippen LogP contribution in [-0.2, 0) is 4.79 Å². The van der Waals surface area contributed by atoms with Crippen LogP contribution in [0.5, 0.6) is 0 Å². The summed E-state index contributed by atoms with van der Waals surface area (Å²) in [6, 6.07) is -0.343. The molecule has 0 bridgehead atoms. The van der Waals surface area contributed by atoms with E-state index in [0.717, 1.165) is 32.1 Å². The van der Waals surface area contributed by atoms with Crippen LogP contribution in [0.25, 0.3) is 0 Å². The molecule has 3 fully saturated rings. The molecule has 7 nitrogen and oxygen atoms in total. The van der Waals surface area contributed by atoms with Gasteiger partial charge in [0.1, 0.15) is 0 Å². The van der Waals surface area contributed by atoms with Crippen LogP contribution in [-0.4, -0.2) is 60.6 Å². The van der Waals surface area contributed by atoms with Crippen molar-refractivity contribution in [2.75, 3.05) is 32.7 Å². The molecule has 2 heterocycles. The predicted octanol–water partition coefficient (Wildman–Crippen LogP) is -0.146. The smallest absolute Gasteiger partial charge is 0.330 e. The van der Waals surface area contributed by atoms with Gasteiger partial charge in [0.05, 0.1) is 0 Å². The molecule has 0 spiro atoms. The fraction of sp³-hybridized carbons (Fsp3) is 0.857. The van der Waals surface area contributed by atoms with Gasteiger partial charge in [-0.05, 0) is 18.8 Å². The van der Waals surface area contributed by atoms with E-state index in [-0.39, 0.29) is 11.9 Å². The highest BCUT2D eigenvalue weighted by molar-refractivity contribution is 5.89. The molecule has 0 aromatic rings. The van der Waals surface area contributed by atoms with Gasteiger partial charge in [0.2, 0.25) is 0 Å². The summed E-state index contributed by atoms with van der Waals surface area (Å²) in [6.07, 6.45) is 6.26. The Morgan fingerprint density at radius 3 is 2.43 bits per heavy atom. The van der Waals surface area contributed by atoms with Crippen LogP contribution >= 0.6 is 0 Å². The van der Waals surface area contributed by atoms with Gasteiger partial charge in [-0.2, -0.15) is 0 Å². The van der Waals surface area contributed by atoms with Crippen molar-refractivity contribution >= 4 is 11.9 Å². The van der Waals surface area contributed by atoms with Crippen LogP contribution in [0.2, 0.25) is 0 Å². The maximum absolute atomic E-state index is 12.2. The van der Waals surface area contributed by atoms with Crippen LogP contribution in [0.3, 0.4) is 0 Å². The Hall–Kier alpha value is -1.34. The van der Waals surface area contributed by atoms with Crippen molar-refractivity contribution in [2.45, 2.75) is 38.3 Å². The van der Waals surface area contributed by atoms with Crippen LogP contribution in [0.15, 0.2) is 0 Å². The second kappa shape index (κ2) is 6.62. The molecule has 0 radical (unpaired) electrons. The topological polar surface area (TPSA) is 76.7 Å². The summed E-state index contributed by atoms with van der Waals surface area (Å²) in [5, 5.41) is 2.56. The lowest BCUT2D eigenvalue weighted by Gasteiger charge is -2.37. The van der Waals surface area contributed by atoms with Gasteiger partial charge in [-0.1, -0.05) is 19.3 Å². The summed E-state index contributed by atoms with van der Waals surface area (Å²) in [7, 11) is 0. The summed E-state index contributed by atoms with van der Waals surface area (Å²) < 4.78 is 0. The fourth-order valence-corrected chi connectivity index (χ4v) is 3.53. The highest BCUT2D eigenvalue weighted by Gasteiger charge is 2.32. The summed E-state index contributed by atoms with van der Waals surface area (Å²) in [4.78, 5) is 27.6. The summed E-state index contributed by atoms with van der Waals surface area (Å²) >= 11 is 0. The first-order chi connectivity index (χ1) is 10.2. The van der Waals surface area contributed by atoms with Gasteiger partial charge in [-0.15, -0.1) is 0 Å². The van der Waals surface area contributed by atoms with Gasteiger partial charge in [0, 0.05) is 32.7 Å². The first-order valence-electron chi connectivity index (χ1n) is 8.05. The van der Waals surface area contributed by atoms with Crippen LogP contribution in [0.4, 0.5) is 4.79 Å². The monoisotopic (exact) mass is 295 g/mol. The Kier molecular flexibility index (Phi) is 4.60. The number of rotatable bonds is 3. The zero-order valence-electron chi connectivity index (χ0n) is 12.4. The molecule has 0 aromatic carbocycles. The van der Waals surface area contributed by atoms with E-state index in [1.54, 1.807) is 0 Å². The Bertz CT molecular complexity index is 389. The van der Waals surface area contributed by atoms with Gasteiger partial charge >= 0.3 is 6.03 Å². The molecule has 21 heavy (non-hydrogen) atoms. The standard InChI is InChI=1S/C14H25N5O2/c20-13(12-15-14(21)17-16-12)19-8-6-18(7-9-19)10-11-4-2-1-3-5-11/h11-12,16H,1-10H2,(H2,15,17,21). The highest BCUT2D eigenvalue weighted by atomic mass is 16.2. The molecule has 3 aliphatic rings. The maximum atomic E-state index is 12.2. The lowest BCUT2D eigenvalue weighted by Crippen LogP contribution is -2.56. The lowest BCUT2D eigenvalue weighted by atomic mass is 9.89. The predicted molar refractivity (Wildman–Crippen MR) is 78.2 cm³/mol. The molecule has 3 amide bonds. The normalized spacial score (nSPS) is 28.3. The minimum absolute atomic E-state index is 0.0503. The van der Waals surface area contributed by atoms with E-state index in [0.29, 0.717) is 0 Å². The van der Waals surface area contributed by atoms with Crippen LogP contribution in [0.1, 0.15) is 32.1 Å². The summed E-state index contributed by atoms with van der Waals surface area (Å²) in [5.41, 5.74) is 5.06. The minimum atomic E-state index is -0.623. The van der Waals surface area contributed by atoms with E-state index in [1.807, 2.05) is 4.90 Å². The molecular formula is C14H25N5O2. The molecule has 1 saturated carbocycles. The second-order valence-corrected chi connectivity index (χ2v) is 6.31. The van der Waals surface area contributed by atoms with Gasteiger partial charge in [0.25, 0.3) is 5.91 Å². The number of amides is 3. The van der Waals surface area contributed by atoms with Crippen LogP contribution < -0.4 is 16.2 Å². The summed E-state index contributed by atoms with van der Waals surface area (Å²) in [5.74, 6) is 0.798. The summed E-state index contributed by atoms with van der Waals surface area (Å²) in [6.45, 7) is 4.56. The third-order valence-corrected chi connectivity index (χ3v) is 4.78. The molecular weight excluding hydrogens is 270 g/mol. The SMILES string of the molecule is O=C1NNC(C(=O)N2CCN(CC3CCCCC3)CC2)N1. The van der Waals surface area contributed by atoms with E-state index in [1.165, 1.54) is 38.6 Å². The molecule has 1 unspecified atom stereocenters. The first kappa shape index (κ1) is 14.6. The quantitative estimate of drug-likeness (QED) is 0.677. The first-order valence-corrected chi connectivity index (χ1v) is 8.05. The number of hydrazine groups is 1. The van der Waals surface area contributed by atoms with Gasteiger partial charge in [0.15, 0.2) is 6.17 Å². The molecule has 118 valence electrons. The molecule has 2 aliphatic heterocycles. The Morgan fingerprint density at radius 1 is 1.10 bits per heavy atom. The van der Waals surface area contributed by atoms with E-state index < -0.39 is 6.17 Å². The number of urea groups is 1. The van der Waals surface area contributed by atoms with Crippen molar-refractivity contribution in [1.82, 2.24) is 26.0 Å². The van der Waals surface area contributed by atoms with Gasteiger partial charge in [-0.25, -0.2) is 10.2 Å².